The van der Waals surface area contributed by atoms with Gasteiger partial charge in [0.15, 0.2) is 0 Å². The highest BCUT2D eigenvalue weighted by Gasteiger charge is 2.28. The zero-order chi connectivity index (χ0) is 13.0. The Bertz CT molecular complexity index is 197. The first-order valence-electron chi connectivity index (χ1n) is 6.57. The van der Waals surface area contributed by atoms with Crippen molar-refractivity contribution in [3.8, 4) is 0 Å². The fourth-order valence-electron chi connectivity index (χ4n) is 2.63. The summed E-state index contributed by atoms with van der Waals surface area (Å²) in [6.07, 6.45) is 3.63. The third kappa shape index (κ3) is 6.80. The highest BCUT2D eigenvalue weighted by atomic mass is 32.1. The van der Waals surface area contributed by atoms with Crippen LogP contribution >= 0.6 is 12.6 Å². The van der Waals surface area contributed by atoms with Gasteiger partial charge in [-0.2, -0.15) is 12.6 Å². The third-order valence-electron chi connectivity index (χ3n) is 3.21. The van der Waals surface area contributed by atoms with E-state index in [0.29, 0.717) is 11.2 Å². The minimum Gasteiger partial charge on any atom is -0.307 e. The number of hydrogen-bond donors (Lipinski definition) is 2. The molecule has 0 aromatic heterocycles. The van der Waals surface area contributed by atoms with Gasteiger partial charge in [-0.1, -0.05) is 27.2 Å². The summed E-state index contributed by atoms with van der Waals surface area (Å²) in [7, 11) is 0. The summed E-state index contributed by atoms with van der Waals surface area (Å²) in [5, 5.41) is 4.25. The average molecular weight is 245 g/mol. The Labute approximate surface area is 108 Å². The van der Waals surface area contributed by atoms with Crippen LogP contribution in [-0.4, -0.2) is 16.3 Å². The first-order valence-corrected chi connectivity index (χ1v) is 7.09. The standard InChI is InChI=1S/C14H31NS/c1-8-9-13(4,5)15-14(6,7)10-11(2)12(3)16/h11-12,15-16H,8-10H2,1-7H3. The molecular weight excluding hydrogens is 214 g/mol. The van der Waals surface area contributed by atoms with Crippen molar-refractivity contribution in [2.24, 2.45) is 5.92 Å². The van der Waals surface area contributed by atoms with Gasteiger partial charge in [-0.3, -0.25) is 0 Å². The molecule has 98 valence electrons. The van der Waals surface area contributed by atoms with Gasteiger partial charge in [0.1, 0.15) is 0 Å². The molecule has 0 aromatic carbocycles. The van der Waals surface area contributed by atoms with Gasteiger partial charge in [0.2, 0.25) is 0 Å². The molecule has 0 aliphatic rings. The molecule has 1 nitrogen and oxygen atoms in total. The van der Waals surface area contributed by atoms with E-state index in [2.05, 4.69) is 66.4 Å². The van der Waals surface area contributed by atoms with Gasteiger partial charge in [0.05, 0.1) is 0 Å². The Kier molecular flexibility index (Phi) is 6.42. The second-order valence-corrected chi connectivity index (χ2v) is 7.38. The average Bonchev–Trinajstić information content (AvgIpc) is 1.99. The molecule has 0 rings (SSSR count). The lowest BCUT2D eigenvalue weighted by Crippen LogP contribution is -2.52. The summed E-state index contributed by atoms with van der Waals surface area (Å²) < 4.78 is 0. The Balaban J connectivity index is 4.33. The molecular formula is C14H31NS. The molecule has 1 N–H and O–H groups in total. The maximum atomic E-state index is 4.53. The van der Waals surface area contributed by atoms with E-state index in [1.807, 2.05) is 0 Å². The van der Waals surface area contributed by atoms with Crippen LogP contribution in [0, 0.1) is 5.92 Å². The molecule has 2 unspecified atom stereocenters. The molecule has 0 amide bonds. The molecule has 2 atom stereocenters. The molecule has 16 heavy (non-hydrogen) atoms. The van der Waals surface area contributed by atoms with Crippen molar-refractivity contribution in [3.63, 3.8) is 0 Å². The SMILES string of the molecule is CCCC(C)(C)NC(C)(C)CC(C)C(C)S. The van der Waals surface area contributed by atoms with Crippen molar-refractivity contribution in [1.82, 2.24) is 5.32 Å². The Morgan fingerprint density at radius 3 is 1.94 bits per heavy atom. The highest BCUT2D eigenvalue weighted by molar-refractivity contribution is 7.80. The second kappa shape index (κ2) is 6.30. The van der Waals surface area contributed by atoms with Crippen LogP contribution in [0.15, 0.2) is 0 Å². The zero-order valence-corrected chi connectivity index (χ0v) is 13.1. The summed E-state index contributed by atoms with van der Waals surface area (Å²) in [6, 6.07) is 0. The molecule has 0 saturated carbocycles. The van der Waals surface area contributed by atoms with Crippen molar-refractivity contribution in [3.05, 3.63) is 0 Å². The predicted molar refractivity (Wildman–Crippen MR) is 78.4 cm³/mol. The maximum absolute atomic E-state index is 4.53. The third-order valence-corrected chi connectivity index (χ3v) is 3.72. The predicted octanol–water partition coefficient (Wildman–Crippen LogP) is 4.28. The van der Waals surface area contributed by atoms with E-state index in [0.717, 1.165) is 0 Å². The van der Waals surface area contributed by atoms with Gasteiger partial charge < -0.3 is 5.32 Å². The lowest BCUT2D eigenvalue weighted by atomic mass is 9.86. The molecule has 0 spiro atoms. The molecule has 0 heterocycles. The summed E-state index contributed by atoms with van der Waals surface area (Å²) >= 11 is 4.53. The lowest BCUT2D eigenvalue weighted by molar-refractivity contribution is 0.216. The van der Waals surface area contributed by atoms with E-state index >= 15 is 0 Å². The number of rotatable bonds is 7. The lowest BCUT2D eigenvalue weighted by Gasteiger charge is -2.39. The van der Waals surface area contributed by atoms with Crippen molar-refractivity contribution >= 4 is 12.6 Å². The monoisotopic (exact) mass is 245 g/mol. The van der Waals surface area contributed by atoms with Crippen molar-refractivity contribution in [2.45, 2.75) is 84.1 Å². The van der Waals surface area contributed by atoms with Crippen LogP contribution < -0.4 is 5.32 Å². The zero-order valence-electron chi connectivity index (χ0n) is 12.2. The van der Waals surface area contributed by atoms with Gasteiger partial charge in [0, 0.05) is 16.3 Å². The smallest absolute Gasteiger partial charge is 0.0133 e. The highest BCUT2D eigenvalue weighted by Crippen LogP contribution is 2.25. The fraction of sp³-hybridized carbons (Fsp3) is 1.00. The summed E-state index contributed by atoms with van der Waals surface area (Å²) in [6.45, 7) is 15.9. The van der Waals surface area contributed by atoms with Gasteiger partial charge in [-0.05, 0) is 46.5 Å². The van der Waals surface area contributed by atoms with E-state index in [-0.39, 0.29) is 11.1 Å². The van der Waals surface area contributed by atoms with Gasteiger partial charge >= 0.3 is 0 Å². The molecule has 0 radical (unpaired) electrons. The Morgan fingerprint density at radius 1 is 1.06 bits per heavy atom. The van der Waals surface area contributed by atoms with E-state index < -0.39 is 0 Å². The van der Waals surface area contributed by atoms with E-state index in [1.165, 1.54) is 19.3 Å². The molecule has 0 saturated heterocycles. The molecule has 0 fully saturated rings. The second-order valence-electron chi connectivity index (χ2n) is 6.56. The van der Waals surface area contributed by atoms with Gasteiger partial charge in [0.25, 0.3) is 0 Å². The normalized spacial score (nSPS) is 17.2. The first kappa shape index (κ1) is 16.3. The van der Waals surface area contributed by atoms with E-state index in [4.69, 9.17) is 0 Å². The largest absolute Gasteiger partial charge is 0.307 e. The van der Waals surface area contributed by atoms with E-state index in [9.17, 15) is 0 Å². The fourth-order valence-corrected chi connectivity index (χ4v) is 2.74. The molecule has 0 aliphatic heterocycles. The van der Waals surface area contributed by atoms with E-state index in [1.54, 1.807) is 0 Å². The van der Waals surface area contributed by atoms with Crippen LogP contribution in [0.1, 0.15) is 67.7 Å². The summed E-state index contributed by atoms with van der Waals surface area (Å²) in [4.78, 5) is 0. The number of nitrogens with one attached hydrogen (secondary N) is 1. The van der Waals surface area contributed by atoms with Gasteiger partial charge in [-0.15, -0.1) is 0 Å². The van der Waals surface area contributed by atoms with Crippen LogP contribution in [0.5, 0.6) is 0 Å². The quantitative estimate of drug-likeness (QED) is 0.638. The minimum absolute atomic E-state index is 0.190. The van der Waals surface area contributed by atoms with Crippen LogP contribution in [-0.2, 0) is 0 Å². The van der Waals surface area contributed by atoms with Crippen LogP contribution in [0.4, 0.5) is 0 Å². The van der Waals surface area contributed by atoms with Crippen LogP contribution in [0.3, 0.4) is 0 Å². The van der Waals surface area contributed by atoms with Crippen molar-refractivity contribution in [1.29, 1.82) is 0 Å². The first-order chi connectivity index (χ1) is 7.09. The Hall–Kier alpha value is 0.310. The molecule has 0 aliphatic carbocycles. The number of thiol groups is 1. The molecule has 0 bridgehead atoms. The van der Waals surface area contributed by atoms with Crippen molar-refractivity contribution in [2.75, 3.05) is 0 Å². The van der Waals surface area contributed by atoms with Crippen LogP contribution in [0.25, 0.3) is 0 Å². The molecule has 2 heteroatoms. The molecule has 0 aromatic rings. The van der Waals surface area contributed by atoms with Gasteiger partial charge in [-0.25, -0.2) is 0 Å². The maximum Gasteiger partial charge on any atom is 0.0133 e. The van der Waals surface area contributed by atoms with Crippen molar-refractivity contribution < 1.29 is 0 Å². The number of hydrogen-bond acceptors (Lipinski definition) is 2. The van der Waals surface area contributed by atoms with Crippen LogP contribution in [0.2, 0.25) is 0 Å². The Morgan fingerprint density at radius 2 is 1.56 bits per heavy atom. The topological polar surface area (TPSA) is 12.0 Å². The summed E-state index contributed by atoms with van der Waals surface area (Å²) in [5.41, 5.74) is 0.423. The minimum atomic E-state index is 0.190. The summed E-state index contributed by atoms with van der Waals surface area (Å²) in [5.74, 6) is 0.642.